The Morgan fingerprint density at radius 2 is 2.23 bits per heavy atom. The first-order valence-corrected chi connectivity index (χ1v) is 7.99. The molecule has 0 saturated carbocycles. The Hall–Kier alpha value is -2.34. The number of anilines is 1. The van der Waals surface area contributed by atoms with E-state index in [0.717, 1.165) is 16.7 Å². The molecule has 0 saturated heterocycles. The van der Waals surface area contributed by atoms with Gasteiger partial charge in [-0.2, -0.15) is 0 Å². The third-order valence-electron chi connectivity index (χ3n) is 3.12. The van der Waals surface area contributed by atoms with Crippen LogP contribution in [0.3, 0.4) is 0 Å². The molecule has 22 heavy (non-hydrogen) atoms. The number of hydrogen-bond donors (Lipinski definition) is 1. The summed E-state index contributed by atoms with van der Waals surface area (Å²) in [6.45, 7) is 4.38. The van der Waals surface area contributed by atoms with E-state index < -0.39 is 0 Å². The van der Waals surface area contributed by atoms with E-state index in [-0.39, 0.29) is 5.91 Å². The first-order chi connectivity index (χ1) is 10.7. The third-order valence-corrected chi connectivity index (χ3v) is 3.88. The number of aromatic nitrogens is 1. The first-order valence-electron chi connectivity index (χ1n) is 7.11. The summed E-state index contributed by atoms with van der Waals surface area (Å²) in [5.74, 6) is 1.44. The van der Waals surface area contributed by atoms with Gasteiger partial charge in [0.1, 0.15) is 17.0 Å². The molecule has 0 atom stereocenters. The number of rotatable bonds is 5. The van der Waals surface area contributed by atoms with Gasteiger partial charge in [0.2, 0.25) is 5.91 Å². The third kappa shape index (κ3) is 2.96. The molecule has 114 valence electrons. The fourth-order valence-corrected chi connectivity index (χ4v) is 2.77. The van der Waals surface area contributed by atoms with Gasteiger partial charge in [-0.3, -0.25) is 4.79 Å². The number of fused-ring (bicyclic) bond motifs is 1. The van der Waals surface area contributed by atoms with Crippen molar-refractivity contribution in [2.75, 3.05) is 11.9 Å². The molecule has 0 aliphatic carbocycles. The topological polar surface area (TPSA) is 64.4 Å². The molecule has 6 heteroatoms. The summed E-state index contributed by atoms with van der Waals surface area (Å²) in [7, 11) is 0. The van der Waals surface area contributed by atoms with E-state index in [4.69, 9.17) is 9.15 Å². The molecule has 1 N–H and O–H groups in total. The largest absolute Gasteiger partial charge is 0.494 e. The van der Waals surface area contributed by atoms with Crippen molar-refractivity contribution < 1.29 is 13.9 Å². The van der Waals surface area contributed by atoms with E-state index >= 15 is 0 Å². The predicted molar refractivity (Wildman–Crippen MR) is 87.4 cm³/mol. The highest BCUT2D eigenvalue weighted by molar-refractivity contribution is 7.14. The maximum absolute atomic E-state index is 11.4. The zero-order valence-corrected chi connectivity index (χ0v) is 13.2. The van der Waals surface area contributed by atoms with Crippen molar-refractivity contribution >= 4 is 33.3 Å². The number of hydrogen-bond acceptors (Lipinski definition) is 5. The Labute approximate surface area is 131 Å². The highest BCUT2D eigenvalue weighted by Gasteiger charge is 2.12. The fraction of sp³-hybridized carbons (Fsp3) is 0.250. The Morgan fingerprint density at radius 1 is 1.36 bits per heavy atom. The highest BCUT2D eigenvalue weighted by atomic mass is 32.1. The zero-order valence-electron chi connectivity index (χ0n) is 12.4. The molecule has 0 aliphatic rings. The smallest absolute Gasteiger partial charge is 0.225 e. The Bertz CT molecular complexity index is 807. The standard InChI is InChI=1S/C16H16N2O3S/c1-3-15(19)18-16-17-12(9-22-16)14-8-10-7-11(20-4-2)5-6-13(10)21-14/h5-9H,3-4H2,1-2H3,(H,17,18,19). The van der Waals surface area contributed by atoms with Crippen molar-refractivity contribution in [3.05, 3.63) is 29.6 Å². The number of carbonyl (C=O) groups excluding carboxylic acids is 1. The van der Waals surface area contributed by atoms with Crippen molar-refractivity contribution in [1.29, 1.82) is 0 Å². The summed E-state index contributed by atoms with van der Waals surface area (Å²) in [5.41, 5.74) is 1.50. The van der Waals surface area contributed by atoms with Gasteiger partial charge in [0, 0.05) is 17.2 Å². The Balaban J connectivity index is 1.88. The van der Waals surface area contributed by atoms with E-state index in [0.29, 0.717) is 29.6 Å². The monoisotopic (exact) mass is 316 g/mol. The number of carbonyl (C=O) groups is 1. The van der Waals surface area contributed by atoms with Crippen LogP contribution in [0.25, 0.3) is 22.4 Å². The Kier molecular flexibility index (Phi) is 4.11. The number of furan rings is 1. The summed E-state index contributed by atoms with van der Waals surface area (Å²) in [4.78, 5) is 15.8. The van der Waals surface area contributed by atoms with Crippen molar-refractivity contribution in [2.45, 2.75) is 20.3 Å². The number of amides is 1. The summed E-state index contributed by atoms with van der Waals surface area (Å²) in [5, 5.41) is 6.16. The summed E-state index contributed by atoms with van der Waals surface area (Å²) >= 11 is 1.38. The van der Waals surface area contributed by atoms with Gasteiger partial charge in [0.05, 0.1) is 6.61 Å². The van der Waals surface area contributed by atoms with Crippen LogP contribution in [0.1, 0.15) is 20.3 Å². The lowest BCUT2D eigenvalue weighted by Crippen LogP contribution is -2.08. The summed E-state index contributed by atoms with van der Waals surface area (Å²) < 4.78 is 11.3. The van der Waals surface area contributed by atoms with Crippen LogP contribution in [0.4, 0.5) is 5.13 Å². The lowest BCUT2D eigenvalue weighted by Gasteiger charge is -2.00. The molecule has 1 aromatic carbocycles. The lowest BCUT2D eigenvalue weighted by molar-refractivity contribution is -0.115. The fourth-order valence-electron chi connectivity index (χ4n) is 2.06. The molecule has 0 fully saturated rings. The highest BCUT2D eigenvalue weighted by Crippen LogP contribution is 2.32. The second-order valence-corrected chi connectivity index (χ2v) is 5.54. The number of nitrogens with zero attached hydrogens (tertiary/aromatic N) is 1. The van der Waals surface area contributed by atoms with Gasteiger partial charge in [-0.15, -0.1) is 11.3 Å². The minimum atomic E-state index is -0.0492. The zero-order chi connectivity index (χ0) is 15.5. The molecule has 0 spiro atoms. The molecule has 0 bridgehead atoms. The van der Waals surface area contributed by atoms with Crippen LogP contribution < -0.4 is 10.1 Å². The molecule has 2 aromatic heterocycles. The van der Waals surface area contributed by atoms with Gasteiger partial charge in [-0.25, -0.2) is 4.98 Å². The maximum Gasteiger partial charge on any atom is 0.225 e. The van der Waals surface area contributed by atoms with Crippen LogP contribution in [0.2, 0.25) is 0 Å². The van der Waals surface area contributed by atoms with Crippen LogP contribution >= 0.6 is 11.3 Å². The van der Waals surface area contributed by atoms with Gasteiger partial charge in [0.15, 0.2) is 10.9 Å². The van der Waals surface area contributed by atoms with E-state index in [2.05, 4.69) is 10.3 Å². The molecule has 0 radical (unpaired) electrons. The number of nitrogens with one attached hydrogen (secondary N) is 1. The average Bonchev–Trinajstić information content (AvgIpc) is 3.13. The lowest BCUT2D eigenvalue weighted by atomic mass is 10.2. The molecule has 0 aliphatic heterocycles. The minimum absolute atomic E-state index is 0.0492. The van der Waals surface area contributed by atoms with E-state index in [1.807, 2.05) is 36.6 Å². The molecule has 5 nitrogen and oxygen atoms in total. The van der Waals surface area contributed by atoms with Gasteiger partial charge in [-0.1, -0.05) is 6.92 Å². The van der Waals surface area contributed by atoms with E-state index in [1.54, 1.807) is 6.92 Å². The van der Waals surface area contributed by atoms with Crippen molar-refractivity contribution in [2.24, 2.45) is 0 Å². The van der Waals surface area contributed by atoms with Crippen LogP contribution in [0.5, 0.6) is 5.75 Å². The number of ether oxygens (including phenoxy) is 1. The maximum atomic E-state index is 11.4. The SMILES string of the molecule is CCOc1ccc2oc(-c3csc(NC(=O)CC)n3)cc2c1. The van der Waals surface area contributed by atoms with Crippen molar-refractivity contribution in [3.63, 3.8) is 0 Å². The van der Waals surface area contributed by atoms with Crippen LogP contribution in [-0.4, -0.2) is 17.5 Å². The molecular formula is C16H16N2O3S. The molecule has 1 amide bonds. The molecule has 2 heterocycles. The normalized spacial score (nSPS) is 10.8. The van der Waals surface area contributed by atoms with Crippen LogP contribution in [0.15, 0.2) is 34.1 Å². The molecule has 3 aromatic rings. The van der Waals surface area contributed by atoms with Crippen LogP contribution in [-0.2, 0) is 4.79 Å². The average molecular weight is 316 g/mol. The Morgan fingerprint density at radius 3 is 3.00 bits per heavy atom. The van der Waals surface area contributed by atoms with Crippen molar-refractivity contribution in [3.8, 4) is 17.2 Å². The molecule has 3 rings (SSSR count). The molecule has 0 unspecified atom stereocenters. The minimum Gasteiger partial charge on any atom is -0.494 e. The summed E-state index contributed by atoms with van der Waals surface area (Å²) in [6, 6.07) is 7.64. The second kappa shape index (κ2) is 6.19. The number of benzene rings is 1. The van der Waals surface area contributed by atoms with Gasteiger partial charge >= 0.3 is 0 Å². The van der Waals surface area contributed by atoms with E-state index in [9.17, 15) is 4.79 Å². The number of thiazole rings is 1. The predicted octanol–water partition coefficient (Wildman–Crippen LogP) is 4.30. The van der Waals surface area contributed by atoms with Gasteiger partial charge in [-0.05, 0) is 31.2 Å². The first kappa shape index (κ1) is 14.6. The van der Waals surface area contributed by atoms with E-state index in [1.165, 1.54) is 11.3 Å². The van der Waals surface area contributed by atoms with Crippen molar-refractivity contribution in [1.82, 2.24) is 4.98 Å². The quantitative estimate of drug-likeness (QED) is 0.762. The second-order valence-electron chi connectivity index (χ2n) is 4.68. The van der Waals surface area contributed by atoms with Gasteiger partial charge in [0.25, 0.3) is 0 Å². The molecular weight excluding hydrogens is 300 g/mol. The summed E-state index contributed by atoms with van der Waals surface area (Å²) in [6.07, 6.45) is 0.430. The van der Waals surface area contributed by atoms with Gasteiger partial charge < -0.3 is 14.5 Å². The van der Waals surface area contributed by atoms with Crippen LogP contribution in [0, 0.1) is 0 Å².